The quantitative estimate of drug-likeness (QED) is 0.163. The van der Waals surface area contributed by atoms with Crippen molar-refractivity contribution in [2.45, 2.75) is 171 Å². The number of aromatic nitrogens is 2. The van der Waals surface area contributed by atoms with Gasteiger partial charge in [0.25, 0.3) is 0 Å². The maximum atomic E-state index is 15.4. The van der Waals surface area contributed by atoms with Crippen LogP contribution < -0.4 is 10.9 Å². The van der Waals surface area contributed by atoms with Crippen molar-refractivity contribution in [1.82, 2.24) is 9.13 Å². The van der Waals surface area contributed by atoms with Crippen LogP contribution in [0.15, 0.2) is 82.4 Å². The number of hydrogen-bond donors (Lipinski definition) is 0. The Bertz CT molecular complexity index is 3040. The Balaban J connectivity index is 1.84. The number of aryl methyl sites for hydroxylation is 2. The van der Waals surface area contributed by atoms with Gasteiger partial charge < -0.3 is 9.13 Å². The highest BCUT2D eigenvalue weighted by Crippen LogP contribution is 2.45. The van der Waals surface area contributed by atoms with Crippen molar-refractivity contribution >= 4 is 43.6 Å². The second kappa shape index (κ2) is 14.3. The average molecular weight is 829 g/mol. The molecule has 4 heteroatoms. The van der Waals surface area contributed by atoms with Crippen LogP contribution >= 0.6 is 0 Å². The number of fused-ring (bicyclic) bond motifs is 4. The molecule has 4 nitrogen and oxygen atoms in total. The van der Waals surface area contributed by atoms with Crippen LogP contribution in [0.2, 0.25) is 0 Å². The monoisotopic (exact) mass is 829 g/mol. The average Bonchev–Trinajstić information content (AvgIpc) is 3.12. The molecule has 0 aliphatic heterocycles. The van der Waals surface area contributed by atoms with Crippen LogP contribution in [0.1, 0.15) is 169 Å². The molecule has 0 spiro atoms. The topological polar surface area (TPSA) is 44.0 Å². The standard InChI is InChI=1S/C58H72N2O2/c1-33-22-24-45-38(25-33)52(62)40-32-48-39(31-47(40)59(45)49-41(55(9,10)11)27-35(53(3,4)5)28-42(49)56(12,13)14)51(61)37-23-21-34(2)26-46(37)60(48)50-43(57(15,16)17)29-36(54(6,7)8)30-44(50)58(18,19)20/h21-32H,1-20H3. The van der Waals surface area contributed by atoms with E-state index in [1.54, 1.807) is 0 Å². The minimum Gasteiger partial charge on any atom is -0.308 e. The molecule has 2 aromatic heterocycles. The zero-order valence-corrected chi connectivity index (χ0v) is 41.6. The van der Waals surface area contributed by atoms with Crippen molar-refractivity contribution in [2.24, 2.45) is 0 Å². The van der Waals surface area contributed by atoms with Gasteiger partial charge in [-0.05, 0) is 122 Å². The Kier molecular flexibility index (Phi) is 10.4. The molecule has 5 aromatic carbocycles. The van der Waals surface area contributed by atoms with E-state index in [0.29, 0.717) is 21.5 Å². The maximum Gasteiger partial charge on any atom is 0.197 e. The minimum absolute atomic E-state index is 0.0312. The second-order valence-corrected chi connectivity index (χ2v) is 24.6. The van der Waals surface area contributed by atoms with Gasteiger partial charge in [0.2, 0.25) is 0 Å². The van der Waals surface area contributed by atoms with Gasteiger partial charge in [0.15, 0.2) is 10.9 Å². The summed E-state index contributed by atoms with van der Waals surface area (Å²) in [5.74, 6) is 0. The molecule has 0 saturated heterocycles. The second-order valence-electron chi connectivity index (χ2n) is 24.6. The molecule has 0 fully saturated rings. The Labute approximate surface area is 371 Å². The molecule has 0 amide bonds. The summed E-state index contributed by atoms with van der Waals surface area (Å²) in [6, 6.07) is 26.1. The van der Waals surface area contributed by atoms with Crippen LogP contribution in [0.3, 0.4) is 0 Å². The summed E-state index contributed by atoms with van der Waals surface area (Å²) in [4.78, 5) is 30.7. The highest BCUT2D eigenvalue weighted by atomic mass is 16.1. The molecule has 0 radical (unpaired) electrons. The lowest BCUT2D eigenvalue weighted by Gasteiger charge is -2.35. The lowest BCUT2D eigenvalue weighted by atomic mass is 9.74. The number of benzene rings is 5. The molecule has 0 saturated carbocycles. The van der Waals surface area contributed by atoms with E-state index in [2.05, 4.69) is 202 Å². The van der Waals surface area contributed by atoms with Gasteiger partial charge in [-0.1, -0.05) is 167 Å². The van der Waals surface area contributed by atoms with E-state index >= 15 is 9.59 Å². The Morgan fingerprint density at radius 1 is 0.323 bits per heavy atom. The Morgan fingerprint density at radius 3 is 1.00 bits per heavy atom. The summed E-state index contributed by atoms with van der Waals surface area (Å²) in [6.45, 7) is 45.3. The molecule has 326 valence electrons. The van der Waals surface area contributed by atoms with Gasteiger partial charge >= 0.3 is 0 Å². The van der Waals surface area contributed by atoms with E-state index in [0.717, 1.165) is 44.6 Å². The molecule has 7 rings (SSSR count). The molecule has 0 N–H and O–H groups in total. The first kappa shape index (κ1) is 45.1. The van der Waals surface area contributed by atoms with Gasteiger partial charge in [0.05, 0.1) is 33.4 Å². The van der Waals surface area contributed by atoms with Crippen LogP contribution in [0.5, 0.6) is 0 Å². The number of pyridine rings is 2. The first-order chi connectivity index (χ1) is 28.2. The van der Waals surface area contributed by atoms with Gasteiger partial charge in [-0.15, -0.1) is 0 Å². The van der Waals surface area contributed by atoms with Crippen molar-refractivity contribution in [3.05, 3.63) is 138 Å². The van der Waals surface area contributed by atoms with Crippen molar-refractivity contribution in [1.29, 1.82) is 0 Å². The summed E-state index contributed by atoms with van der Waals surface area (Å²) in [5.41, 5.74) is 13.5. The van der Waals surface area contributed by atoms with Crippen molar-refractivity contribution in [3.8, 4) is 11.4 Å². The fourth-order valence-electron chi connectivity index (χ4n) is 9.29. The van der Waals surface area contributed by atoms with Gasteiger partial charge in [-0.3, -0.25) is 9.59 Å². The number of rotatable bonds is 2. The van der Waals surface area contributed by atoms with Crippen LogP contribution in [0, 0.1) is 13.8 Å². The molecular formula is C58H72N2O2. The molecule has 0 aliphatic rings. The van der Waals surface area contributed by atoms with Gasteiger partial charge in [-0.25, -0.2) is 0 Å². The largest absolute Gasteiger partial charge is 0.308 e. The lowest BCUT2D eigenvalue weighted by Crippen LogP contribution is -2.26. The van der Waals surface area contributed by atoms with Crippen LogP contribution in [0.25, 0.3) is 55.0 Å². The Hall–Kier alpha value is -4.96. The van der Waals surface area contributed by atoms with E-state index in [4.69, 9.17) is 0 Å². The van der Waals surface area contributed by atoms with Crippen LogP contribution in [-0.2, 0) is 32.5 Å². The van der Waals surface area contributed by atoms with Crippen LogP contribution in [-0.4, -0.2) is 9.13 Å². The third kappa shape index (κ3) is 7.64. The first-order valence-electron chi connectivity index (χ1n) is 22.7. The normalized spacial score (nSPS) is 13.6. The van der Waals surface area contributed by atoms with Crippen LogP contribution in [0.4, 0.5) is 0 Å². The number of nitrogens with zero attached hydrogens (tertiary/aromatic N) is 2. The predicted molar refractivity (Wildman–Crippen MR) is 269 cm³/mol. The van der Waals surface area contributed by atoms with E-state index in [-0.39, 0.29) is 43.3 Å². The molecule has 0 aliphatic carbocycles. The third-order valence-corrected chi connectivity index (χ3v) is 13.0. The van der Waals surface area contributed by atoms with Gasteiger partial charge in [0, 0.05) is 21.5 Å². The molecule has 2 heterocycles. The first-order valence-corrected chi connectivity index (χ1v) is 22.7. The third-order valence-electron chi connectivity index (χ3n) is 13.0. The molecule has 0 unspecified atom stereocenters. The fourth-order valence-corrected chi connectivity index (χ4v) is 9.29. The zero-order chi connectivity index (χ0) is 46.2. The SMILES string of the molecule is Cc1ccc2c(c1)c(=O)c1cc3c(cc1n2-c1c(C(C)(C)C)cc(C(C)(C)C)cc1C(C)(C)C)c(=O)c1ccc(C)cc1n3-c1c(C(C)(C)C)cc(C(C)(C)C)cc1C(C)(C)C. The summed E-state index contributed by atoms with van der Waals surface area (Å²) in [5, 5.41) is 2.51. The molecule has 0 bridgehead atoms. The summed E-state index contributed by atoms with van der Waals surface area (Å²) < 4.78 is 4.68. The zero-order valence-electron chi connectivity index (χ0n) is 41.6. The van der Waals surface area contributed by atoms with Gasteiger partial charge in [-0.2, -0.15) is 0 Å². The van der Waals surface area contributed by atoms with Crippen molar-refractivity contribution < 1.29 is 0 Å². The summed E-state index contributed by atoms with van der Waals surface area (Å²) in [7, 11) is 0. The summed E-state index contributed by atoms with van der Waals surface area (Å²) >= 11 is 0. The lowest BCUT2D eigenvalue weighted by molar-refractivity contribution is 0.544. The predicted octanol–water partition coefficient (Wildman–Crippen LogP) is 15.0. The highest BCUT2D eigenvalue weighted by molar-refractivity contribution is 6.06. The van der Waals surface area contributed by atoms with E-state index in [1.807, 2.05) is 18.2 Å². The summed E-state index contributed by atoms with van der Waals surface area (Å²) in [6.07, 6.45) is 0. The fraction of sp³-hybridized carbons (Fsp3) is 0.448. The Morgan fingerprint density at radius 2 is 0.629 bits per heavy atom. The molecular weight excluding hydrogens is 757 g/mol. The smallest absolute Gasteiger partial charge is 0.197 e. The number of hydrogen-bond acceptors (Lipinski definition) is 2. The van der Waals surface area contributed by atoms with Crippen molar-refractivity contribution in [3.63, 3.8) is 0 Å². The maximum absolute atomic E-state index is 15.4. The van der Waals surface area contributed by atoms with E-state index in [1.165, 1.54) is 33.4 Å². The molecule has 7 aromatic rings. The minimum atomic E-state index is -0.259. The molecule has 0 atom stereocenters. The van der Waals surface area contributed by atoms with Gasteiger partial charge in [0.1, 0.15) is 0 Å². The van der Waals surface area contributed by atoms with E-state index < -0.39 is 0 Å². The highest BCUT2D eigenvalue weighted by Gasteiger charge is 2.34. The van der Waals surface area contributed by atoms with Crippen molar-refractivity contribution in [2.75, 3.05) is 0 Å². The molecule has 62 heavy (non-hydrogen) atoms. The van der Waals surface area contributed by atoms with E-state index in [9.17, 15) is 0 Å².